The first-order chi connectivity index (χ1) is 8.46. The van der Waals surface area contributed by atoms with E-state index in [9.17, 15) is 18.0 Å². The van der Waals surface area contributed by atoms with Crippen molar-refractivity contribution >= 4 is 5.78 Å². The Balaban J connectivity index is 2.18. The fourth-order valence-electron chi connectivity index (χ4n) is 2.26. The normalized spacial score (nSPS) is 20.8. The average molecular weight is 258 g/mol. The summed E-state index contributed by atoms with van der Waals surface area (Å²) < 4.78 is 40.2. The fourth-order valence-corrected chi connectivity index (χ4v) is 2.26. The summed E-state index contributed by atoms with van der Waals surface area (Å²) in [7, 11) is 0. The summed E-state index contributed by atoms with van der Waals surface area (Å²) in [6.45, 7) is 0. The smallest absolute Gasteiger partial charge is 0.406 e. The molecule has 0 aliphatic heterocycles. The van der Waals surface area contributed by atoms with Gasteiger partial charge in [-0.2, -0.15) is 0 Å². The molecule has 1 aliphatic rings. The molecule has 1 fully saturated rings. The van der Waals surface area contributed by atoms with Gasteiger partial charge in [-0.3, -0.25) is 4.79 Å². The number of halogens is 3. The Morgan fingerprint density at radius 2 is 2.00 bits per heavy atom. The predicted octanol–water partition coefficient (Wildman–Crippen LogP) is 3.81. The molecule has 5 heteroatoms. The van der Waals surface area contributed by atoms with Crippen molar-refractivity contribution in [3.63, 3.8) is 0 Å². The Morgan fingerprint density at radius 3 is 2.67 bits per heavy atom. The van der Waals surface area contributed by atoms with Gasteiger partial charge in [0.1, 0.15) is 11.5 Å². The van der Waals surface area contributed by atoms with Crippen molar-refractivity contribution in [2.75, 3.05) is 0 Å². The molecule has 18 heavy (non-hydrogen) atoms. The molecular weight excluding hydrogens is 245 g/mol. The summed E-state index contributed by atoms with van der Waals surface area (Å²) >= 11 is 0. The summed E-state index contributed by atoms with van der Waals surface area (Å²) in [5.41, 5.74) is 0.612. The maximum atomic E-state index is 12.1. The molecule has 1 saturated carbocycles. The summed E-state index contributed by atoms with van der Waals surface area (Å²) in [6.07, 6.45) is -1.69. The van der Waals surface area contributed by atoms with Gasteiger partial charge in [0.05, 0.1) is 0 Å². The lowest BCUT2D eigenvalue weighted by molar-refractivity contribution is -0.274. The van der Waals surface area contributed by atoms with Crippen LogP contribution in [-0.4, -0.2) is 12.1 Å². The van der Waals surface area contributed by atoms with Gasteiger partial charge in [-0.1, -0.05) is 18.6 Å². The highest BCUT2D eigenvalue weighted by atomic mass is 19.4. The zero-order valence-electron chi connectivity index (χ0n) is 9.67. The van der Waals surface area contributed by atoms with Crippen molar-refractivity contribution in [1.82, 2.24) is 0 Å². The number of alkyl halides is 3. The average Bonchev–Trinajstić information content (AvgIpc) is 2.27. The molecule has 1 aliphatic carbocycles. The second kappa shape index (κ2) is 5.00. The molecule has 0 heterocycles. The molecule has 1 atom stereocenters. The molecule has 0 amide bonds. The lowest BCUT2D eigenvalue weighted by atomic mass is 9.83. The van der Waals surface area contributed by atoms with E-state index in [1.165, 1.54) is 18.2 Å². The molecule has 2 nitrogen and oxygen atoms in total. The molecule has 1 aromatic carbocycles. The second-order valence-corrected chi connectivity index (χ2v) is 4.38. The minimum atomic E-state index is -4.70. The van der Waals surface area contributed by atoms with Crippen LogP contribution in [0.3, 0.4) is 0 Å². The second-order valence-electron chi connectivity index (χ2n) is 4.38. The van der Waals surface area contributed by atoms with Gasteiger partial charge in [0.25, 0.3) is 0 Å². The van der Waals surface area contributed by atoms with Crippen molar-refractivity contribution in [2.45, 2.75) is 38.0 Å². The van der Waals surface area contributed by atoms with E-state index in [1.54, 1.807) is 6.07 Å². The summed E-state index contributed by atoms with van der Waals surface area (Å²) in [6, 6.07) is 5.71. The Morgan fingerprint density at radius 1 is 1.22 bits per heavy atom. The third-order valence-corrected chi connectivity index (χ3v) is 3.05. The minimum absolute atomic E-state index is 0.102. The molecule has 0 aromatic heterocycles. The Kier molecular flexibility index (Phi) is 3.59. The van der Waals surface area contributed by atoms with Crippen LogP contribution in [0.2, 0.25) is 0 Å². The van der Waals surface area contributed by atoms with Crippen LogP contribution in [0.15, 0.2) is 24.3 Å². The summed E-state index contributed by atoms with van der Waals surface area (Å²) in [4.78, 5) is 11.7. The SMILES string of the molecule is O=C1CCCCC1c1cccc(OC(F)(F)F)c1. The first-order valence-electron chi connectivity index (χ1n) is 5.84. The summed E-state index contributed by atoms with van der Waals surface area (Å²) in [5.74, 6) is -0.445. The van der Waals surface area contributed by atoms with Gasteiger partial charge >= 0.3 is 6.36 Å². The number of rotatable bonds is 2. The van der Waals surface area contributed by atoms with E-state index in [1.807, 2.05) is 0 Å². The van der Waals surface area contributed by atoms with E-state index in [-0.39, 0.29) is 17.5 Å². The van der Waals surface area contributed by atoms with Crippen LogP contribution >= 0.6 is 0 Å². The minimum Gasteiger partial charge on any atom is -0.406 e. The van der Waals surface area contributed by atoms with Gasteiger partial charge in [0, 0.05) is 12.3 Å². The van der Waals surface area contributed by atoms with Crippen LogP contribution in [0.25, 0.3) is 0 Å². The maximum absolute atomic E-state index is 12.1. The van der Waals surface area contributed by atoms with Crippen LogP contribution in [0.4, 0.5) is 13.2 Å². The van der Waals surface area contributed by atoms with E-state index in [0.717, 1.165) is 12.8 Å². The third kappa shape index (κ3) is 3.24. The lowest BCUT2D eigenvalue weighted by Gasteiger charge is -2.21. The number of ether oxygens (including phenoxy) is 1. The van der Waals surface area contributed by atoms with Crippen molar-refractivity contribution in [3.05, 3.63) is 29.8 Å². The van der Waals surface area contributed by atoms with E-state index >= 15 is 0 Å². The third-order valence-electron chi connectivity index (χ3n) is 3.05. The molecule has 1 unspecified atom stereocenters. The van der Waals surface area contributed by atoms with Gasteiger partial charge < -0.3 is 4.74 Å². The van der Waals surface area contributed by atoms with Gasteiger partial charge in [0.15, 0.2) is 0 Å². The van der Waals surface area contributed by atoms with Crippen LogP contribution in [0, 0.1) is 0 Å². The van der Waals surface area contributed by atoms with Crippen LogP contribution in [0.5, 0.6) is 5.75 Å². The van der Waals surface area contributed by atoms with Crippen molar-refractivity contribution in [1.29, 1.82) is 0 Å². The number of carbonyl (C=O) groups is 1. The Bertz CT molecular complexity index is 440. The number of Topliss-reactive ketones (excluding diaryl/α,β-unsaturated/α-hetero) is 1. The molecule has 0 N–H and O–H groups in total. The molecule has 0 bridgehead atoms. The van der Waals surface area contributed by atoms with Crippen molar-refractivity contribution < 1.29 is 22.7 Å². The van der Waals surface area contributed by atoms with Gasteiger partial charge in [-0.05, 0) is 30.5 Å². The highest BCUT2D eigenvalue weighted by Gasteiger charge is 2.31. The molecular formula is C13H13F3O2. The standard InChI is InChI=1S/C13H13F3O2/c14-13(15,16)18-10-5-3-4-9(8-10)11-6-1-2-7-12(11)17/h3-5,8,11H,1-2,6-7H2. The zero-order valence-corrected chi connectivity index (χ0v) is 9.67. The molecule has 2 rings (SSSR count). The zero-order chi connectivity index (χ0) is 13.2. The first-order valence-corrected chi connectivity index (χ1v) is 5.84. The lowest BCUT2D eigenvalue weighted by Crippen LogP contribution is -2.19. The van der Waals surface area contributed by atoms with Crippen LogP contribution in [-0.2, 0) is 4.79 Å². The highest BCUT2D eigenvalue weighted by Crippen LogP contribution is 2.32. The van der Waals surface area contributed by atoms with E-state index in [0.29, 0.717) is 18.4 Å². The number of hydrogen-bond donors (Lipinski definition) is 0. The van der Waals surface area contributed by atoms with Crippen LogP contribution < -0.4 is 4.74 Å². The number of carbonyl (C=O) groups excluding carboxylic acids is 1. The monoisotopic (exact) mass is 258 g/mol. The van der Waals surface area contributed by atoms with E-state index in [4.69, 9.17) is 0 Å². The Hall–Kier alpha value is -1.52. The molecule has 0 radical (unpaired) electrons. The topological polar surface area (TPSA) is 26.3 Å². The predicted molar refractivity (Wildman–Crippen MR) is 59.3 cm³/mol. The van der Waals surface area contributed by atoms with Crippen molar-refractivity contribution in [3.8, 4) is 5.75 Å². The number of ketones is 1. The van der Waals surface area contributed by atoms with E-state index < -0.39 is 6.36 Å². The molecule has 0 saturated heterocycles. The summed E-state index contributed by atoms with van der Waals surface area (Å²) in [5, 5.41) is 0. The van der Waals surface area contributed by atoms with Crippen molar-refractivity contribution in [2.24, 2.45) is 0 Å². The highest BCUT2D eigenvalue weighted by molar-refractivity contribution is 5.86. The Labute approximate surface area is 103 Å². The molecule has 98 valence electrons. The molecule has 0 spiro atoms. The number of hydrogen-bond acceptors (Lipinski definition) is 2. The van der Waals surface area contributed by atoms with Gasteiger partial charge in [0.2, 0.25) is 0 Å². The van der Waals surface area contributed by atoms with Gasteiger partial charge in [-0.15, -0.1) is 13.2 Å². The number of benzene rings is 1. The van der Waals surface area contributed by atoms with Gasteiger partial charge in [-0.25, -0.2) is 0 Å². The largest absolute Gasteiger partial charge is 0.573 e. The molecule has 1 aromatic rings. The van der Waals surface area contributed by atoms with E-state index in [2.05, 4.69) is 4.74 Å². The first kappa shape index (κ1) is 12.9. The van der Waals surface area contributed by atoms with Crippen LogP contribution in [0.1, 0.15) is 37.2 Å². The fraction of sp³-hybridized carbons (Fsp3) is 0.462. The maximum Gasteiger partial charge on any atom is 0.573 e. The quantitative estimate of drug-likeness (QED) is 0.806.